The van der Waals surface area contributed by atoms with Crippen molar-refractivity contribution in [2.45, 2.75) is 90.9 Å². The van der Waals surface area contributed by atoms with Gasteiger partial charge in [-0.2, -0.15) is 0 Å². The van der Waals surface area contributed by atoms with Gasteiger partial charge in [-0.25, -0.2) is 44.3 Å². The number of para-hydroxylation sites is 4. The Labute approximate surface area is 839 Å². The Bertz CT molecular complexity index is 9830. The van der Waals surface area contributed by atoms with Crippen molar-refractivity contribution in [3.63, 3.8) is 0 Å². The summed E-state index contributed by atoms with van der Waals surface area (Å²) in [5.41, 5.74) is 34.0. The van der Waals surface area contributed by atoms with Gasteiger partial charge in [0.05, 0.1) is 15.9 Å². The smallest absolute Gasteiger partial charge is 0.164 e. The van der Waals surface area contributed by atoms with Crippen molar-refractivity contribution in [1.82, 2.24) is 39.9 Å². The van der Waals surface area contributed by atoms with Gasteiger partial charge in [-0.3, -0.25) is 0 Å². The number of thiophene rings is 1. The minimum Gasteiger partial charge on any atom is -0.456 e. The quantitative estimate of drug-likeness (QED) is 0.114. The zero-order valence-electron chi connectivity index (χ0n) is 81.0. The van der Waals surface area contributed by atoms with E-state index in [9.17, 15) is 4.39 Å². The maximum absolute atomic E-state index is 13.9. The third-order valence-electron chi connectivity index (χ3n) is 31.5. The minimum absolute atomic E-state index is 0.0609. The zero-order chi connectivity index (χ0) is 97.5. The number of rotatable bonds is 12. The van der Waals surface area contributed by atoms with Crippen molar-refractivity contribution in [3.05, 3.63) is 421 Å². The molecular weight excluding hydrogens is 1800 g/mol. The van der Waals surface area contributed by atoms with Crippen molar-refractivity contribution in [2.24, 2.45) is 5.41 Å². The Kier molecular flexibility index (Phi) is 20.0. The molecule has 0 bridgehead atoms. The zero-order valence-corrected chi connectivity index (χ0v) is 81.8. The highest BCUT2D eigenvalue weighted by Crippen LogP contribution is 2.63. The molecule has 694 valence electrons. The molecule has 8 aromatic heterocycles. The van der Waals surface area contributed by atoms with Crippen LogP contribution in [0.2, 0.25) is 0 Å². The van der Waals surface area contributed by atoms with E-state index in [2.05, 4.69) is 292 Å². The predicted octanol–water partition coefficient (Wildman–Crippen LogP) is 35.6. The number of fused-ring (bicyclic) bond motifs is 28. The van der Waals surface area contributed by atoms with Gasteiger partial charge in [-0.1, -0.05) is 347 Å². The van der Waals surface area contributed by atoms with Gasteiger partial charge in [-0.15, -0.1) is 11.3 Å². The molecule has 12 nitrogen and oxygen atoms in total. The molecule has 0 spiro atoms. The van der Waals surface area contributed by atoms with Crippen molar-refractivity contribution >= 4 is 130 Å². The maximum atomic E-state index is 13.9. The van der Waals surface area contributed by atoms with Gasteiger partial charge in [0.25, 0.3) is 0 Å². The Morgan fingerprint density at radius 3 is 1.28 bits per heavy atom. The van der Waals surface area contributed by atoms with Gasteiger partial charge in [0.15, 0.2) is 40.8 Å². The number of hydrogen-bond acceptors (Lipinski definition) is 13. The summed E-state index contributed by atoms with van der Waals surface area (Å²) in [4.78, 5) is 40.8. The molecule has 0 radical (unpaired) electrons. The number of benzene rings is 18. The number of nitrogens with zero attached hydrogens (tertiary/aromatic N) is 8. The molecule has 0 N–H and O–H groups in total. The summed E-state index contributed by atoms with van der Waals surface area (Å²) in [7, 11) is 0. The summed E-state index contributed by atoms with van der Waals surface area (Å²) >= 11 is 1.77. The molecule has 0 amide bonds. The van der Waals surface area contributed by atoms with Crippen LogP contribution < -0.4 is 0 Å². The number of furan rings is 4. The highest BCUT2D eigenvalue weighted by atomic mass is 32.1. The van der Waals surface area contributed by atoms with Crippen molar-refractivity contribution in [3.8, 4) is 135 Å². The summed E-state index contributed by atoms with van der Waals surface area (Å²) in [5, 5.41) is 12.4. The Morgan fingerprint density at radius 2 is 0.683 bits per heavy atom. The molecule has 145 heavy (non-hydrogen) atoms. The van der Waals surface area contributed by atoms with E-state index in [1.54, 1.807) is 23.5 Å². The lowest BCUT2D eigenvalue weighted by molar-refractivity contribution is 0.255. The van der Waals surface area contributed by atoms with E-state index >= 15 is 0 Å². The van der Waals surface area contributed by atoms with Gasteiger partial charge < -0.3 is 17.7 Å². The van der Waals surface area contributed by atoms with Crippen LogP contribution in [0, 0.1) is 11.2 Å². The van der Waals surface area contributed by atoms with Gasteiger partial charge >= 0.3 is 0 Å². The standard InChI is InChI=1S/C45H33N3O2.C44H30N2OS.C42H30FN3O/c1-44(2,3)45(4)32-22-21-27(25-31(32)39-33(45)23-24-37-40(39)29-16-9-11-19-35(29)50-37)42-46-41(26-13-6-5-7-14-26)47-43(48-42)30-17-12-20-36-38(30)28-15-8-10-18-34(28)49-36;1-3-44(2)33-24-25-35-38(30-14-7-9-18-34(30)47-35)37(33)32-17-11-16-29(39(32)44)26-20-22-27(23-21-26)40-42-41(31-15-8-10-19-36(31)48-42)46-43(45-40)28-12-5-4-6-13-28;1-3-42(4-2)33-22-23-36-38(32-13-7-8-15-35(32)47-36)37(33)31-21-18-27(24-34(31)42)40-44-39(26-16-19-28(43)20-17-26)45-41(46-40)30-14-9-11-25-10-5-6-12-29(25)30/h5-25H,1-4H3;4-25H,3H2,1-2H3;5-24H,3-4H2,1-2H3. The van der Waals surface area contributed by atoms with Crippen LogP contribution in [0.1, 0.15) is 108 Å². The lowest BCUT2D eigenvalue weighted by Gasteiger charge is -2.41. The molecule has 3 aliphatic rings. The number of hydrogen-bond donors (Lipinski definition) is 0. The summed E-state index contributed by atoms with van der Waals surface area (Å²) < 4.78 is 41.6. The van der Waals surface area contributed by atoms with Gasteiger partial charge in [0.2, 0.25) is 0 Å². The summed E-state index contributed by atoms with van der Waals surface area (Å²) in [5.74, 6) is 3.97. The van der Waals surface area contributed by atoms with Crippen LogP contribution >= 0.6 is 11.3 Å². The molecule has 2 atom stereocenters. The third-order valence-corrected chi connectivity index (χ3v) is 32.7. The normalized spacial score (nSPS) is 14.8. The fraction of sp³-hybridized carbons (Fsp3) is 0.115. The highest BCUT2D eigenvalue weighted by molar-refractivity contribution is 7.26. The minimum atomic E-state index is -0.300. The lowest BCUT2D eigenvalue weighted by atomic mass is 9.62. The van der Waals surface area contributed by atoms with E-state index < -0.39 is 0 Å². The first-order chi connectivity index (χ1) is 71.0. The second-order valence-corrected chi connectivity index (χ2v) is 40.9. The predicted molar refractivity (Wildman–Crippen MR) is 590 cm³/mol. The van der Waals surface area contributed by atoms with Gasteiger partial charge in [-0.05, 0) is 204 Å². The molecule has 29 rings (SSSR count). The molecule has 0 fully saturated rings. The van der Waals surface area contributed by atoms with Crippen molar-refractivity contribution in [1.29, 1.82) is 0 Å². The second-order valence-electron chi connectivity index (χ2n) is 39.9. The monoisotopic (exact) mass is 1890 g/mol. The molecule has 0 saturated heterocycles. The topological polar surface area (TPSA) is 156 Å². The molecule has 0 aliphatic heterocycles. The van der Waals surface area contributed by atoms with Crippen LogP contribution in [0.4, 0.5) is 4.39 Å². The molecule has 3 aliphatic carbocycles. The Hall–Kier alpha value is -17.3. The molecule has 26 aromatic rings. The van der Waals surface area contributed by atoms with E-state index in [4.69, 9.17) is 57.5 Å². The van der Waals surface area contributed by atoms with E-state index in [0.29, 0.717) is 34.9 Å². The van der Waals surface area contributed by atoms with Crippen molar-refractivity contribution < 1.29 is 22.1 Å². The second kappa shape index (κ2) is 33.4. The van der Waals surface area contributed by atoms with E-state index in [-0.39, 0.29) is 27.5 Å². The van der Waals surface area contributed by atoms with Gasteiger partial charge in [0, 0.05) is 114 Å². The van der Waals surface area contributed by atoms with Crippen LogP contribution in [0.3, 0.4) is 0 Å². The van der Waals surface area contributed by atoms with Crippen LogP contribution in [0.5, 0.6) is 0 Å². The number of halogens is 1. The molecule has 2 unspecified atom stereocenters. The Morgan fingerprint density at radius 1 is 0.276 bits per heavy atom. The summed E-state index contributed by atoms with van der Waals surface area (Å²) in [6, 6.07) is 132. The molecule has 18 aromatic carbocycles. The molecule has 0 saturated carbocycles. The average molecular weight is 1890 g/mol. The van der Waals surface area contributed by atoms with E-state index in [1.165, 1.54) is 116 Å². The van der Waals surface area contributed by atoms with E-state index in [0.717, 1.165) is 168 Å². The van der Waals surface area contributed by atoms with Crippen molar-refractivity contribution in [2.75, 3.05) is 0 Å². The van der Waals surface area contributed by atoms with E-state index in [1.807, 2.05) is 121 Å². The van der Waals surface area contributed by atoms with Gasteiger partial charge in [0.1, 0.15) is 50.5 Å². The summed E-state index contributed by atoms with van der Waals surface area (Å²) in [6.07, 6.45) is 2.90. The first-order valence-electron chi connectivity index (χ1n) is 49.9. The first-order valence-corrected chi connectivity index (χ1v) is 50.7. The Balaban J connectivity index is 0.000000108. The fourth-order valence-electron chi connectivity index (χ4n) is 23.8. The van der Waals surface area contributed by atoms with Crippen LogP contribution in [0.15, 0.2) is 400 Å². The maximum Gasteiger partial charge on any atom is 0.164 e. The SMILES string of the molecule is CC(C)(C)C1(C)c2ccc(-c3nc(-c4ccccc4)nc(-c4cccc5oc6ccccc6c45)n3)cc2-c2c1ccc1oc3ccccc3c21.CCC1(C)c2ccc3oc4ccccc4c3c2-c2cccc(-c3ccc(-c4nc(-c5ccccc5)nc5c4sc4ccccc45)cc3)c21.CCC1(CC)c2cc(-c3nc(-c4ccc(F)cc4)nc(-c4cccc5ccccc45)n3)ccc2-c2c1ccc1oc3ccccc3c21. The van der Waals surface area contributed by atoms with Crippen LogP contribution in [0.25, 0.3) is 254 Å². The molecule has 8 heterocycles. The van der Waals surface area contributed by atoms with Crippen LogP contribution in [-0.4, -0.2) is 39.9 Å². The summed E-state index contributed by atoms with van der Waals surface area (Å²) in [6.45, 7) is 18.7. The molecule has 14 heteroatoms. The van der Waals surface area contributed by atoms with Crippen LogP contribution in [-0.2, 0) is 16.2 Å². The first kappa shape index (κ1) is 86.7. The highest BCUT2D eigenvalue weighted by Gasteiger charge is 2.50. The fourth-order valence-corrected chi connectivity index (χ4v) is 24.9. The third kappa shape index (κ3) is 13.5. The largest absolute Gasteiger partial charge is 0.456 e. The average Bonchev–Trinajstić information content (AvgIpc) is 1.54. The number of aromatic nitrogens is 8. The lowest BCUT2D eigenvalue weighted by Crippen LogP contribution is -2.36. The molecular formula is C131H93FN8O4S.